The van der Waals surface area contributed by atoms with E-state index in [0.29, 0.717) is 12.4 Å². The molecule has 2 aromatic heterocycles. The van der Waals surface area contributed by atoms with E-state index in [-0.39, 0.29) is 0 Å². The molecule has 6 nitrogen and oxygen atoms in total. The summed E-state index contributed by atoms with van der Waals surface area (Å²) in [6.07, 6.45) is 1.74. The summed E-state index contributed by atoms with van der Waals surface area (Å²) in [5, 5.41) is 15.5. The number of tetrazole rings is 1. The zero-order valence-corrected chi connectivity index (χ0v) is 11.2. The Bertz CT molecular complexity index is 674. The number of nitrogens with one attached hydrogen (secondary N) is 1. The summed E-state index contributed by atoms with van der Waals surface area (Å²) in [6.45, 7) is 1.26. The van der Waals surface area contributed by atoms with Crippen LogP contribution in [0, 0.1) is 0 Å². The van der Waals surface area contributed by atoms with Crippen LogP contribution < -0.4 is 5.32 Å². The molecule has 3 aromatic rings. The second kappa shape index (κ2) is 5.66. The Morgan fingerprint density at radius 3 is 2.90 bits per heavy atom. The van der Waals surface area contributed by atoms with Gasteiger partial charge in [0.1, 0.15) is 12.3 Å². The highest BCUT2D eigenvalue weighted by atomic mass is 16.3. The molecule has 0 unspecified atom stereocenters. The maximum absolute atomic E-state index is 5.47. The third-order valence-electron chi connectivity index (χ3n) is 2.87. The van der Waals surface area contributed by atoms with E-state index >= 15 is 0 Å². The van der Waals surface area contributed by atoms with Crippen molar-refractivity contribution in [1.29, 1.82) is 0 Å². The standard InChI is InChI=1S/C14H15N5O/c1-15-8-11-7-13(20-10-11)9-19-17-14(16-18-19)12-5-3-2-4-6-12/h2-7,10,15H,8-9H2,1H3. The number of aromatic nitrogens is 4. The van der Waals surface area contributed by atoms with Gasteiger partial charge in [-0.1, -0.05) is 30.3 Å². The largest absolute Gasteiger partial charge is 0.467 e. The Morgan fingerprint density at radius 2 is 2.10 bits per heavy atom. The highest BCUT2D eigenvalue weighted by molar-refractivity contribution is 5.52. The average Bonchev–Trinajstić information content (AvgIpc) is 3.11. The topological polar surface area (TPSA) is 68.8 Å². The van der Waals surface area contributed by atoms with E-state index in [0.717, 1.165) is 23.4 Å². The van der Waals surface area contributed by atoms with Gasteiger partial charge in [-0.2, -0.15) is 4.80 Å². The van der Waals surface area contributed by atoms with Gasteiger partial charge in [-0.05, 0) is 18.3 Å². The van der Waals surface area contributed by atoms with Gasteiger partial charge < -0.3 is 9.73 Å². The van der Waals surface area contributed by atoms with Gasteiger partial charge in [0.2, 0.25) is 5.82 Å². The predicted octanol–water partition coefficient (Wildman–Crippen LogP) is 1.70. The molecule has 0 saturated carbocycles. The average molecular weight is 269 g/mol. The van der Waals surface area contributed by atoms with Crippen LogP contribution in [0.1, 0.15) is 11.3 Å². The monoisotopic (exact) mass is 269 g/mol. The molecule has 102 valence electrons. The molecule has 0 aliphatic carbocycles. The fourth-order valence-corrected chi connectivity index (χ4v) is 1.96. The van der Waals surface area contributed by atoms with Gasteiger partial charge in [0.25, 0.3) is 0 Å². The van der Waals surface area contributed by atoms with Gasteiger partial charge in [0, 0.05) is 17.7 Å². The maximum Gasteiger partial charge on any atom is 0.204 e. The van der Waals surface area contributed by atoms with Gasteiger partial charge in [0.15, 0.2) is 0 Å². The van der Waals surface area contributed by atoms with Crippen molar-refractivity contribution < 1.29 is 4.42 Å². The smallest absolute Gasteiger partial charge is 0.204 e. The summed E-state index contributed by atoms with van der Waals surface area (Å²) >= 11 is 0. The summed E-state index contributed by atoms with van der Waals surface area (Å²) < 4.78 is 5.47. The molecule has 0 fully saturated rings. The number of hydrogen-bond donors (Lipinski definition) is 1. The molecule has 0 spiro atoms. The van der Waals surface area contributed by atoms with Crippen molar-refractivity contribution in [2.24, 2.45) is 0 Å². The lowest BCUT2D eigenvalue weighted by Gasteiger charge is -1.94. The van der Waals surface area contributed by atoms with Gasteiger partial charge >= 0.3 is 0 Å². The molecule has 0 atom stereocenters. The first kappa shape index (κ1) is 12.6. The van der Waals surface area contributed by atoms with E-state index in [1.165, 1.54) is 4.80 Å². The molecule has 3 rings (SSSR count). The fourth-order valence-electron chi connectivity index (χ4n) is 1.96. The highest BCUT2D eigenvalue weighted by Gasteiger charge is 2.08. The first-order chi connectivity index (χ1) is 9.85. The SMILES string of the molecule is CNCc1coc(Cn2nnc(-c3ccccc3)n2)c1. The number of furan rings is 1. The Morgan fingerprint density at radius 1 is 1.25 bits per heavy atom. The summed E-state index contributed by atoms with van der Waals surface area (Å²) in [4.78, 5) is 1.53. The Labute approximate surface area is 116 Å². The van der Waals surface area contributed by atoms with Crippen molar-refractivity contribution in [3.05, 3.63) is 54.0 Å². The zero-order valence-electron chi connectivity index (χ0n) is 11.2. The number of benzene rings is 1. The molecule has 0 aliphatic rings. The molecular formula is C14H15N5O. The third kappa shape index (κ3) is 2.75. The first-order valence-electron chi connectivity index (χ1n) is 6.39. The summed E-state index contributed by atoms with van der Waals surface area (Å²) in [7, 11) is 1.90. The third-order valence-corrected chi connectivity index (χ3v) is 2.87. The Hall–Kier alpha value is -2.47. The fraction of sp³-hybridized carbons (Fsp3) is 0.214. The lowest BCUT2D eigenvalue weighted by molar-refractivity contribution is 0.452. The molecule has 0 saturated heterocycles. The molecular weight excluding hydrogens is 254 g/mol. The second-order valence-corrected chi connectivity index (χ2v) is 4.46. The second-order valence-electron chi connectivity index (χ2n) is 4.46. The first-order valence-corrected chi connectivity index (χ1v) is 6.39. The van der Waals surface area contributed by atoms with Crippen LogP contribution in [0.5, 0.6) is 0 Å². The Kier molecular flexibility index (Phi) is 3.56. The number of rotatable bonds is 5. The van der Waals surface area contributed by atoms with E-state index in [4.69, 9.17) is 4.42 Å². The number of nitrogens with zero attached hydrogens (tertiary/aromatic N) is 4. The van der Waals surface area contributed by atoms with Crippen molar-refractivity contribution in [3.8, 4) is 11.4 Å². The van der Waals surface area contributed by atoms with Crippen LogP contribution in [0.2, 0.25) is 0 Å². The predicted molar refractivity (Wildman–Crippen MR) is 73.8 cm³/mol. The van der Waals surface area contributed by atoms with Crippen molar-refractivity contribution in [2.75, 3.05) is 7.05 Å². The van der Waals surface area contributed by atoms with E-state index < -0.39 is 0 Å². The van der Waals surface area contributed by atoms with Crippen LogP contribution in [0.3, 0.4) is 0 Å². The molecule has 6 heteroatoms. The molecule has 0 aliphatic heterocycles. The quantitative estimate of drug-likeness (QED) is 0.763. The van der Waals surface area contributed by atoms with Crippen LogP contribution in [0.4, 0.5) is 0 Å². The minimum atomic E-state index is 0.476. The van der Waals surface area contributed by atoms with Gasteiger partial charge in [-0.25, -0.2) is 0 Å². The van der Waals surface area contributed by atoms with E-state index in [2.05, 4.69) is 20.7 Å². The summed E-state index contributed by atoms with van der Waals surface area (Å²) in [5.74, 6) is 1.43. The zero-order chi connectivity index (χ0) is 13.8. The molecule has 0 radical (unpaired) electrons. The summed E-state index contributed by atoms with van der Waals surface area (Å²) in [6, 6.07) is 11.8. The van der Waals surface area contributed by atoms with E-state index in [1.807, 2.05) is 43.4 Å². The normalized spacial score (nSPS) is 10.8. The van der Waals surface area contributed by atoms with Gasteiger partial charge in [-0.15, -0.1) is 10.2 Å². The van der Waals surface area contributed by atoms with Crippen LogP contribution in [-0.2, 0) is 13.1 Å². The van der Waals surface area contributed by atoms with Gasteiger partial charge in [-0.3, -0.25) is 0 Å². The van der Waals surface area contributed by atoms with Gasteiger partial charge in [0.05, 0.1) is 6.26 Å². The molecule has 2 heterocycles. The van der Waals surface area contributed by atoms with Crippen LogP contribution in [-0.4, -0.2) is 27.3 Å². The molecule has 0 amide bonds. The lowest BCUT2D eigenvalue weighted by atomic mass is 10.2. The van der Waals surface area contributed by atoms with Crippen LogP contribution in [0.15, 0.2) is 47.1 Å². The van der Waals surface area contributed by atoms with Crippen LogP contribution in [0.25, 0.3) is 11.4 Å². The maximum atomic E-state index is 5.47. The lowest BCUT2D eigenvalue weighted by Crippen LogP contribution is -2.04. The highest BCUT2D eigenvalue weighted by Crippen LogP contribution is 2.13. The molecule has 1 aromatic carbocycles. The van der Waals surface area contributed by atoms with Crippen molar-refractivity contribution in [3.63, 3.8) is 0 Å². The number of hydrogen-bond acceptors (Lipinski definition) is 5. The van der Waals surface area contributed by atoms with Crippen molar-refractivity contribution >= 4 is 0 Å². The van der Waals surface area contributed by atoms with E-state index in [9.17, 15) is 0 Å². The van der Waals surface area contributed by atoms with Crippen molar-refractivity contribution in [1.82, 2.24) is 25.5 Å². The molecule has 0 bridgehead atoms. The minimum absolute atomic E-state index is 0.476. The summed E-state index contributed by atoms with van der Waals surface area (Å²) in [5.41, 5.74) is 2.06. The molecule has 1 N–H and O–H groups in total. The van der Waals surface area contributed by atoms with Crippen molar-refractivity contribution in [2.45, 2.75) is 13.1 Å². The molecule has 20 heavy (non-hydrogen) atoms. The van der Waals surface area contributed by atoms with E-state index in [1.54, 1.807) is 6.26 Å². The minimum Gasteiger partial charge on any atom is -0.467 e. The van der Waals surface area contributed by atoms with Crippen LogP contribution >= 0.6 is 0 Å². The Balaban J connectivity index is 1.73.